The van der Waals surface area contributed by atoms with Crippen molar-refractivity contribution in [3.05, 3.63) is 24.0 Å². The van der Waals surface area contributed by atoms with Gasteiger partial charge in [-0.15, -0.1) is 0 Å². The summed E-state index contributed by atoms with van der Waals surface area (Å²) in [6, 6.07) is 3.62. The number of nitrogens with one attached hydrogen (secondary N) is 2. The maximum atomic E-state index is 11.2. The van der Waals surface area contributed by atoms with Crippen molar-refractivity contribution in [3.63, 3.8) is 0 Å². The first kappa shape index (κ1) is 8.01. The number of aromatic nitrogens is 1. The molecule has 0 aliphatic rings. The molecule has 1 rings (SSSR count). The highest BCUT2D eigenvalue weighted by Crippen LogP contribution is 1.98. The number of carbonyl (C=O) groups is 1. The first-order valence-electron chi connectivity index (χ1n) is 3.66. The molecule has 60 valence electrons. The van der Waals surface area contributed by atoms with Crippen LogP contribution in [0.25, 0.3) is 0 Å². The first-order valence-corrected chi connectivity index (χ1v) is 3.66. The summed E-state index contributed by atoms with van der Waals surface area (Å²) in [6.07, 6.45) is 2.31. The Bertz CT molecular complexity index is 216. The van der Waals surface area contributed by atoms with Crippen LogP contribution < -0.4 is 5.32 Å². The van der Waals surface area contributed by atoms with E-state index in [0.717, 1.165) is 6.54 Å². The van der Waals surface area contributed by atoms with Gasteiger partial charge >= 0.3 is 0 Å². The molecule has 0 aliphatic carbocycles. The third kappa shape index (κ3) is 2.20. The zero-order valence-electron chi connectivity index (χ0n) is 6.55. The molecule has 0 amide bonds. The average Bonchev–Trinajstić information content (AvgIpc) is 2.52. The molecule has 0 unspecified atom stereocenters. The molecule has 3 nitrogen and oxygen atoms in total. The van der Waals surface area contributed by atoms with Crippen LogP contribution in [0.5, 0.6) is 0 Å². The number of carbonyl (C=O) groups excluding carboxylic acids is 1. The lowest BCUT2D eigenvalue weighted by Crippen LogP contribution is -2.13. The van der Waals surface area contributed by atoms with E-state index in [2.05, 4.69) is 10.3 Å². The predicted molar refractivity (Wildman–Crippen MR) is 43.7 cm³/mol. The van der Waals surface area contributed by atoms with E-state index in [1.807, 2.05) is 13.1 Å². The van der Waals surface area contributed by atoms with Crippen LogP contribution in [-0.2, 0) is 0 Å². The van der Waals surface area contributed by atoms with Crippen molar-refractivity contribution in [1.82, 2.24) is 10.3 Å². The summed E-state index contributed by atoms with van der Waals surface area (Å²) in [7, 11) is 1.84. The Hall–Kier alpha value is -1.09. The molecule has 0 saturated heterocycles. The Morgan fingerprint density at radius 2 is 2.55 bits per heavy atom. The van der Waals surface area contributed by atoms with Crippen LogP contribution in [0.4, 0.5) is 0 Å². The summed E-state index contributed by atoms with van der Waals surface area (Å²) in [5, 5.41) is 2.93. The highest BCUT2D eigenvalue weighted by Gasteiger charge is 2.03. The predicted octanol–water partition coefficient (Wildman–Crippen LogP) is 0.807. The first-order chi connectivity index (χ1) is 5.34. The molecule has 1 heterocycles. The van der Waals surface area contributed by atoms with Crippen molar-refractivity contribution in [1.29, 1.82) is 0 Å². The van der Waals surface area contributed by atoms with Crippen molar-refractivity contribution in [2.24, 2.45) is 0 Å². The highest BCUT2D eigenvalue weighted by molar-refractivity contribution is 5.94. The number of aromatic amines is 1. The van der Waals surface area contributed by atoms with Gasteiger partial charge in [-0.3, -0.25) is 4.79 Å². The number of rotatable bonds is 4. The summed E-state index contributed by atoms with van der Waals surface area (Å²) >= 11 is 0. The molecule has 0 radical (unpaired) electrons. The summed E-state index contributed by atoms with van der Waals surface area (Å²) < 4.78 is 0. The van der Waals surface area contributed by atoms with Crippen LogP contribution in [0.1, 0.15) is 16.9 Å². The minimum Gasteiger partial charge on any atom is -0.359 e. The van der Waals surface area contributed by atoms with Gasteiger partial charge in [0.2, 0.25) is 0 Å². The highest BCUT2D eigenvalue weighted by atomic mass is 16.1. The van der Waals surface area contributed by atoms with Crippen LogP contribution in [0, 0.1) is 0 Å². The molecule has 0 bridgehead atoms. The van der Waals surface area contributed by atoms with E-state index in [0.29, 0.717) is 12.1 Å². The van der Waals surface area contributed by atoms with E-state index in [9.17, 15) is 4.79 Å². The van der Waals surface area contributed by atoms with Gasteiger partial charge < -0.3 is 10.3 Å². The quantitative estimate of drug-likeness (QED) is 0.627. The minimum absolute atomic E-state index is 0.157. The molecule has 0 aliphatic heterocycles. The summed E-state index contributed by atoms with van der Waals surface area (Å²) in [4.78, 5) is 14.1. The number of H-pyrrole nitrogens is 1. The van der Waals surface area contributed by atoms with Gasteiger partial charge in [-0.2, -0.15) is 0 Å². The third-order valence-electron chi connectivity index (χ3n) is 1.50. The Kier molecular flexibility index (Phi) is 2.86. The van der Waals surface area contributed by atoms with Gasteiger partial charge in [-0.05, 0) is 19.2 Å². The molecule has 0 aromatic carbocycles. The van der Waals surface area contributed by atoms with E-state index in [1.165, 1.54) is 0 Å². The van der Waals surface area contributed by atoms with E-state index < -0.39 is 0 Å². The number of Topliss-reactive ketones (excluding diaryl/α,β-unsaturated/α-hetero) is 1. The van der Waals surface area contributed by atoms with Crippen LogP contribution in [-0.4, -0.2) is 24.4 Å². The monoisotopic (exact) mass is 152 g/mol. The Labute approximate surface area is 65.8 Å². The van der Waals surface area contributed by atoms with Crippen molar-refractivity contribution in [2.45, 2.75) is 6.42 Å². The summed E-state index contributed by atoms with van der Waals surface area (Å²) in [5.41, 5.74) is 0.695. The van der Waals surface area contributed by atoms with E-state index in [-0.39, 0.29) is 5.78 Å². The van der Waals surface area contributed by atoms with Crippen molar-refractivity contribution < 1.29 is 4.79 Å². The molecule has 3 heteroatoms. The molecular weight excluding hydrogens is 140 g/mol. The maximum Gasteiger partial charge on any atom is 0.180 e. The normalized spacial score (nSPS) is 9.91. The van der Waals surface area contributed by atoms with Crippen molar-refractivity contribution in [2.75, 3.05) is 13.6 Å². The van der Waals surface area contributed by atoms with Crippen molar-refractivity contribution in [3.8, 4) is 0 Å². The second-order valence-corrected chi connectivity index (χ2v) is 2.36. The summed E-state index contributed by atoms with van der Waals surface area (Å²) in [5.74, 6) is 0.157. The molecule has 0 fully saturated rings. The zero-order chi connectivity index (χ0) is 8.10. The lowest BCUT2D eigenvalue weighted by molar-refractivity contribution is 0.0979. The van der Waals surface area contributed by atoms with Crippen LogP contribution in [0.15, 0.2) is 18.3 Å². The van der Waals surface area contributed by atoms with E-state index in [1.54, 1.807) is 12.3 Å². The Morgan fingerprint density at radius 1 is 1.73 bits per heavy atom. The fourth-order valence-electron chi connectivity index (χ4n) is 0.877. The molecule has 11 heavy (non-hydrogen) atoms. The van der Waals surface area contributed by atoms with Gasteiger partial charge in [0.1, 0.15) is 0 Å². The fraction of sp³-hybridized carbons (Fsp3) is 0.375. The number of ketones is 1. The van der Waals surface area contributed by atoms with Crippen LogP contribution >= 0.6 is 0 Å². The molecular formula is C8H12N2O. The van der Waals surface area contributed by atoms with E-state index in [4.69, 9.17) is 0 Å². The lowest BCUT2D eigenvalue weighted by Gasteiger charge is -1.95. The average molecular weight is 152 g/mol. The fourth-order valence-corrected chi connectivity index (χ4v) is 0.877. The maximum absolute atomic E-state index is 11.2. The Balaban J connectivity index is 2.43. The molecule has 1 aromatic rings. The molecule has 0 spiro atoms. The number of hydrogen-bond acceptors (Lipinski definition) is 2. The van der Waals surface area contributed by atoms with Gasteiger partial charge in [0.05, 0.1) is 5.69 Å². The standard InChI is InChI=1S/C8H12N2O/c1-9-6-4-8(11)7-3-2-5-10-7/h2-3,5,9-10H,4,6H2,1H3. The largest absolute Gasteiger partial charge is 0.359 e. The lowest BCUT2D eigenvalue weighted by atomic mass is 10.2. The molecule has 0 saturated carbocycles. The topological polar surface area (TPSA) is 44.9 Å². The Morgan fingerprint density at radius 3 is 3.09 bits per heavy atom. The van der Waals surface area contributed by atoms with Gasteiger partial charge in [-0.25, -0.2) is 0 Å². The van der Waals surface area contributed by atoms with Gasteiger partial charge in [0, 0.05) is 19.2 Å². The summed E-state index contributed by atoms with van der Waals surface area (Å²) in [6.45, 7) is 0.734. The smallest absolute Gasteiger partial charge is 0.180 e. The van der Waals surface area contributed by atoms with E-state index >= 15 is 0 Å². The molecule has 1 aromatic heterocycles. The van der Waals surface area contributed by atoms with Gasteiger partial charge in [-0.1, -0.05) is 0 Å². The SMILES string of the molecule is CNCCC(=O)c1ccc[nH]1. The number of hydrogen-bond donors (Lipinski definition) is 2. The second-order valence-electron chi connectivity index (χ2n) is 2.36. The zero-order valence-corrected chi connectivity index (χ0v) is 6.55. The molecule has 2 N–H and O–H groups in total. The van der Waals surface area contributed by atoms with Gasteiger partial charge in [0.25, 0.3) is 0 Å². The van der Waals surface area contributed by atoms with Crippen LogP contribution in [0.3, 0.4) is 0 Å². The third-order valence-corrected chi connectivity index (χ3v) is 1.50. The van der Waals surface area contributed by atoms with Gasteiger partial charge in [0.15, 0.2) is 5.78 Å². The van der Waals surface area contributed by atoms with Crippen LogP contribution in [0.2, 0.25) is 0 Å². The second kappa shape index (κ2) is 3.93. The molecule has 0 atom stereocenters. The minimum atomic E-state index is 0.157. The van der Waals surface area contributed by atoms with Crippen molar-refractivity contribution >= 4 is 5.78 Å².